The standard InChI is InChI=1S/C19H36N4O4/c1-17(24)23(10-5-8-21-11-14-27-15-12-21)18-6-3-9-22(16-18)19(25)20-7-4-13-26-2/h18H,3-16H2,1-2H3,(H,20,25). The molecule has 1 N–H and O–H groups in total. The summed E-state index contributed by atoms with van der Waals surface area (Å²) in [6, 6.07) is 0.0817. The van der Waals surface area contributed by atoms with Gasteiger partial charge in [0.15, 0.2) is 0 Å². The molecule has 3 amide bonds. The number of hydrogen-bond acceptors (Lipinski definition) is 5. The summed E-state index contributed by atoms with van der Waals surface area (Å²) in [6.45, 7) is 9.55. The third-order valence-electron chi connectivity index (χ3n) is 5.31. The Morgan fingerprint density at radius 2 is 2.00 bits per heavy atom. The molecule has 2 rings (SSSR count). The van der Waals surface area contributed by atoms with Gasteiger partial charge in [-0.3, -0.25) is 9.69 Å². The van der Waals surface area contributed by atoms with Crippen molar-refractivity contribution in [3.63, 3.8) is 0 Å². The summed E-state index contributed by atoms with van der Waals surface area (Å²) >= 11 is 0. The molecular weight excluding hydrogens is 348 g/mol. The number of nitrogens with one attached hydrogen (secondary N) is 1. The second-order valence-corrected chi connectivity index (χ2v) is 7.34. The fourth-order valence-electron chi connectivity index (χ4n) is 3.80. The highest BCUT2D eigenvalue weighted by Gasteiger charge is 2.29. The summed E-state index contributed by atoms with van der Waals surface area (Å²) in [5.74, 6) is 0.101. The first kappa shape index (κ1) is 21.9. The molecule has 1 unspecified atom stereocenters. The molecule has 0 spiro atoms. The molecule has 8 heteroatoms. The van der Waals surface area contributed by atoms with Crippen LogP contribution in [0.5, 0.6) is 0 Å². The zero-order valence-electron chi connectivity index (χ0n) is 17.0. The number of ether oxygens (including phenoxy) is 2. The minimum Gasteiger partial charge on any atom is -0.385 e. The Morgan fingerprint density at radius 3 is 2.70 bits per heavy atom. The third-order valence-corrected chi connectivity index (χ3v) is 5.31. The Kier molecular flexibility index (Phi) is 9.86. The topological polar surface area (TPSA) is 74.3 Å². The molecule has 0 aromatic rings. The lowest BCUT2D eigenvalue weighted by Gasteiger charge is -2.39. The normalized spacial score (nSPS) is 21.1. The van der Waals surface area contributed by atoms with Crippen LogP contribution < -0.4 is 5.32 Å². The minimum atomic E-state index is -0.0346. The molecule has 1 atom stereocenters. The van der Waals surface area contributed by atoms with Crippen LogP contribution in [0.1, 0.15) is 32.6 Å². The van der Waals surface area contributed by atoms with Crippen LogP contribution in [0.25, 0.3) is 0 Å². The zero-order chi connectivity index (χ0) is 19.5. The largest absolute Gasteiger partial charge is 0.385 e. The van der Waals surface area contributed by atoms with Crippen molar-refractivity contribution in [1.82, 2.24) is 20.0 Å². The van der Waals surface area contributed by atoms with E-state index in [2.05, 4.69) is 10.2 Å². The molecule has 0 aromatic carbocycles. The van der Waals surface area contributed by atoms with Gasteiger partial charge in [0.05, 0.1) is 13.2 Å². The summed E-state index contributed by atoms with van der Waals surface area (Å²) in [5.41, 5.74) is 0. The second-order valence-electron chi connectivity index (χ2n) is 7.34. The number of carbonyl (C=O) groups is 2. The number of methoxy groups -OCH3 is 1. The lowest BCUT2D eigenvalue weighted by molar-refractivity contribution is -0.132. The summed E-state index contributed by atoms with van der Waals surface area (Å²) in [6.07, 6.45) is 3.66. The van der Waals surface area contributed by atoms with Gasteiger partial charge in [-0.1, -0.05) is 0 Å². The van der Waals surface area contributed by atoms with Crippen molar-refractivity contribution < 1.29 is 19.1 Å². The fraction of sp³-hybridized carbons (Fsp3) is 0.895. The van der Waals surface area contributed by atoms with E-state index < -0.39 is 0 Å². The fourth-order valence-corrected chi connectivity index (χ4v) is 3.80. The number of urea groups is 1. The van der Waals surface area contributed by atoms with Crippen LogP contribution in [0.15, 0.2) is 0 Å². The summed E-state index contributed by atoms with van der Waals surface area (Å²) < 4.78 is 10.4. The highest BCUT2D eigenvalue weighted by molar-refractivity contribution is 5.75. The van der Waals surface area contributed by atoms with Crippen LogP contribution in [0.4, 0.5) is 4.79 Å². The van der Waals surface area contributed by atoms with Gasteiger partial charge in [0, 0.05) is 72.5 Å². The van der Waals surface area contributed by atoms with Gasteiger partial charge >= 0.3 is 6.03 Å². The van der Waals surface area contributed by atoms with E-state index in [0.29, 0.717) is 19.7 Å². The summed E-state index contributed by atoms with van der Waals surface area (Å²) in [5, 5.41) is 2.95. The lowest BCUT2D eigenvalue weighted by Crippen LogP contribution is -2.54. The van der Waals surface area contributed by atoms with Crippen molar-refractivity contribution in [2.45, 2.75) is 38.6 Å². The maximum Gasteiger partial charge on any atom is 0.317 e. The first-order valence-corrected chi connectivity index (χ1v) is 10.2. The van der Waals surface area contributed by atoms with Crippen molar-refractivity contribution in [3.05, 3.63) is 0 Å². The maximum absolute atomic E-state index is 12.4. The molecular formula is C19H36N4O4. The van der Waals surface area contributed by atoms with Gasteiger partial charge in [-0.2, -0.15) is 0 Å². The number of likely N-dealkylation sites (tertiary alicyclic amines) is 1. The van der Waals surface area contributed by atoms with E-state index in [1.54, 1.807) is 14.0 Å². The summed E-state index contributed by atoms with van der Waals surface area (Å²) in [4.78, 5) is 30.8. The minimum absolute atomic E-state index is 0.0346. The molecule has 8 nitrogen and oxygen atoms in total. The van der Waals surface area contributed by atoms with Gasteiger partial charge in [-0.15, -0.1) is 0 Å². The number of nitrogens with zero attached hydrogens (tertiary/aromatic N) is 3. The van der Waals surface area contributed by atoms with E-state index in [0.717, 1.165) is 71.6 Å². The molecule has 27 heavy (non-hydrogen) atoms. The molecule has 0 saturated carbocycles. The van der Waals surface area contributed by atoms with Crippen molar-refractivity contribution in [2.24, 2.45) is 0 Å². The lowest BCUT2D eigenvalue weighted by atomic mass is 10.0. The van der Waals surface area contributed by atoms with Gasteiger partial charge < -0.3 is 24.6 Å². The van der Waals surface area contributed by atoms with E-state index in [-0.39, 0.29) is 18.0 Å². The number of piperidine rings is 1. The molecule has 0 bridgehead atoms. The first-order valence-electron chi connectivity index (χ1n) is 10.2. The van der Waals surface area contributed by atoms with Crippen molar-refractivity contribution in [2.75, 3.05) is 72.7 Å². The van der Waals surface area contributed by atoms with E-state index in [4.69, 9.17) is 9.47 Å². The molecule has 0 aromatic heterocycles. The van der Waals surface area contributed by atoms with Gasteiger partial charge in [-0.25, -0.2) is 4.79 Å². The maximum atomic E-state index is 12.4. The van der Waals surface area contributed by atoms with Crippen LogP contribution in [0.3, 0.4) is 0 Å². The highest BCUT2D eigenvalue weighted by atomic mass is 16.5. The monoisotopic (exact) mass is 384 g/mol. The van der Waals surface area contributed by atoms with E-state index in [9.17, 15) is 9.59 Å². The molecule has 156 valence electrons. The number of amides is 3. The van der Waals surface area contributed by atoms with Crippen molar-refractivity contribution in [1.29, 1.82) is 0 Å². The summed E-state index contributed by atoms with van der Waals surface area (Å²) in [7, 11) is 1.66. The van der Waals surface area contributed by atoms with Crippen LogP contribution in [-0.4, -0.2) is 105 Å². The average molecular weight is 385 g/mol. The molecule has 0 aliphatic carbocycles. The number of carbonyl (C=O) groups excluding carboxylic acids is 2. The van der Waals surface area contributed by atoms with Crippen molar-refractivity contribution in [3.8, 4) is 0 Å². The molecule has 2 aliphatic rings. The van der Waals surface area contributed by atoms with Gasteiger partial charge in [0.1, 0.15) is 0 Å². The third kappa shape index (κ3) is 7.63. The Bertz CT molecular complexity index is 457. The Labute approximate surface area is 163 Å². The second kappa shape index (κ2) is 12.2. The molecule has 2 fully saturated rings. The van der Waals surface area contributed by atoms with E-state index >= 15 is 0 Å². The smallest absolute Gasteiger partial charge is 0.317 e. The predicted molar refractivity (Wildman–Crippen MR) is 104 cm³/mol. The van der Waals surface area contributed by atoms with Gasteiger partial charge in [0.25, 0.3) is 0 Å². The number of rotatable bonds is 9. The van der Waals surface area contributed by atoms with E-state index in [1.807, 2.05) is 9.80 Å². The Morgan fingerprint density at radius 1 is 1.22 bits per heavy atom. The highest BCUT2D eigenvalue weighted by Crippen LogP contribution is 2.17. The zero-order valence-corrected chi connectivity index (χ0v) is 17.0. The van der Waals surface area contributed by atoms with Crippen molar-refractivity contribution >= 4 is 11.9 Å². The van der Waals surface area contributed by atoms with E-state index in [1.165, 1.54) is 0 Å². The number of hydrogen-bond donors (Lipinski definition) is 1. The predicted octanol–water partition coefficient (Wildman–Crippen LogP) is 0.768. The van der Waals surface area contributed by atoms with Crippen LogP contribution in [0.2, 0.25) is 0 Å². The molecule has 2 heterocycles. The average Bonchev–Trinajstić information content (AvgIpc) is 2.69. The first-order chi connectivity index (χ1) is 13.1. The molecule has 0 radical (unpaired) electrons. The molecule has 2 aliphatic heterocycles. The van der Waals surface area contributed by atoms with Crippen LogP contribution in [0, 0.1) is 0 Å². The Hall–Kier alpha value is -1.38. The SMILES string of the molecule is COCCCNC(=O)N1CCCC(N(CCCN2CCOCC2)C(C)=O)C1. The molecule has 2 saturated heterocycles. The van der Waals surface area contributed by atoms with Crippen LogP contribution in [-0.2, 0) is 14.3 Å². The van der Waals surface area contributed by atoms with Gasteiger partial charge in [0.2, 0.25) is 5.91 Å². The Balaban J connectivity index is 1.77. The van der Waals surface area contributed by atoms with Crippen LogP contribution >= 0.6 is 0 Å². The quantitative estimate of drug-likeness (QED) is 0.595. The van der Waals surface area contributed by atoms with Gasteiger partial charge in [-0.05, 0) is 25.7 Å². The number of morpholine rings is 1.